The molecule has 0 aliphatic heterocycles. The van der Waals surface area contributed by atoms with Crippen molar-refractivity contribution in [3.63, 3.8) is 0 Å². The van der Waals surface area contributed by atoms with Gasteiger partial charge in [-0.3, -0.25) is 4.99 Å². The largest absolute Gasteiger partial charge is 0.494 e. The molecule has 0 aliphatic carbocycles. The quantitative estimate of drug-likeness (QED) is 0.307. The first-order valence-electron chi connectivity index (χ1n) is 10.2. The van der Waals surface area contributed by atoms with Crippen LogP contribution in [0.2, 0.25) is 0 Å². The topological polar surface area (TPSA) is 64.1 Å². The SMILES string of the molecule is CCOCCOCc1cccc(CNC(=NC)NCCCOc2ccccc2)c1. The Kier molecular flexibility index (Phi) is 11.3. The molecule has 0 amide bonds. The molecule has 2 N–H and O–H groups in total. The lowest BCUT2D eigenvalue weighted by Gasteiger charge is -2.13. The van der Waals surface area contributed by atoms with Crippen LogP contribution in [0.5, 0.6) is 5.75 Å². The molecule has 158 valence electrons. The van der Waals surface area contributed by atoms with Gasteiger partial charge in [-0.2, -0.15) is 0 Å². The summed E-state index contributed by atoms with van der Waals surface area (Å²) >= 11 is 0. The van der Waals surface area contributed by atoms with Crippen LogP contribution >= 0.6 is 0 Å². The van der Waals surface area contributed by atoms with Gasteiger partial charge in [0.15, 0.2) is 5.96 Å². The van der Waals surface area contributed by atoms with Crippen molar-refractivity contribution in [1.82, 2.24) is 10.6 Å². The van der Waals surface area contributed by atoms with E-state index in [9.17, 15) is 0 Å². The van der Waals surface area contributed by atoms with E-state index >= 15 is 0 Å². The molecule has 0 heterocycles. The number of guanidine groups is 1. The number of benzene rings is 2. The van der Waals surface area contributed by atoms with Gasteiger partial charge in [-0.05, 0) is 36.6 Å². The second kappa shape index (κ2) is 14.4. The molecule has 2 aromatic rings. The van der Waals surface area contributed by atoms with Crippen molar-refractivity contribution in [2.45, 2.75) is 26.5 Å². The average Bonchev–Trinajstić information content (AvgIpc) is 2.76. The van der Waals surface area contributed by atoms with Gasteiger partial charge >= 0.3 is 0 Å². The van der Waals surface area contributed by atoms with E-state index in [2.05, 4.69) is 39.9 Å². The molecule has 0 saturated carbocycles. The third-order valence-electron chi connectivity index (χ3n) is 4.15. The highest BCUT2D eigenvalue weighted by Crippen LogP contribution is 2.08. The number of nitrogens with zero attached hydrogens (tertiary/aromatic N) is 1. The maximum atomic E-state index is 5.70. The standard InChI is InChI=1S/C23H33N3O3/c1-3-27-15-16-28-19-21-10-7-9-20(17-21)18-26-23(24-2)25-13-8-14-29-22-11-5-4-6-12-22/h4-7,9-12,17H,3,8,13-16,18-19H2,1-2H3,(H2,24,25,26). The van der Waals surface area contributed by atoms with Gasteiger partial charge in [0, 0.05) is 26.7 Å². The first kappa shape index (κ1) is 22.7. The highest BCUT2D eigenvalue weighted by molar-refractivity contribution is 5.79. The first-order valence-corrected chi connectivity index (χ1v) is 10.2. The van der Waals surface area contributed by atoms with Crippen molar-refractivity contribution in [2.75, 3.05) is 40.0 Å². The Bertz CT molecular complexity index is 708. The van der Waals surface area contributed by atoms with Crippen molar-refractivity contribution in [3.8, 4) is 5.75 Å². The average molecular weight is 400 g/mol. The van der Waals surface area contributed by atoms with Crippen molar-refractivity contribution >= 4 is 5.96 Å². The fraction of sp³-hybridized carbons (Fsp3) is 0.435. The van der Waals surface area contributed by atoms with Crippen molar-refractivity contribution in [3.05, 3.63) is 65.7 Å². The molecular formula is C23H33N3O3. The van der Waals surface area contributed by atoms with Gasteiger partial charge in [-0.15, -0.1) is 0 Å². The number of ether oxygens (including phenoxy) is 3. The minimum Gasteiger partial charge on any atom is -0.494 e. The van der Waals surface area contributed by atoms with Crippen LogP contribution in [0.15, 0.2) is 59.6 Å². The molecule has 0 saturated heterocycles. The van der Waals surface area contributed by atoms with E-state index in [4.69, 9.17) is 14.2 Å². The third kappa shape index (κ3) is 9.96. The summed E-state index contributed by atoms with van der Waals surface area (Å²) in [6.45, 7) is 6.70. The van der Waals surface area contributed by atoms with Crippen LogP contribution in [0, 0.1) is 0 Å². The van der Waals surface area contributed by atoms with E-state index in [-0.39, 0.29) is 0 Å². The second-order valence-electron chi connectivity index (χ2n) is 6.44. The summed E-state index contributed by atoms with van der Waals surface area (Å²) in [4.78, 5) is 4.27. The fourth-order valence-corrected chi connectivity index (χ4v) is 2.67. The van der Waals surface area contributed by atoms with E-state index < -0.39 is 0 Å². The maximum Gasteiger partial charge on any atom is 0.191 e. The van der Waals surface area contributed by atoms with Crippen LogP contribution in [0.4, 0.5) is 0 Å². The highest BCUT2D eigenvalue weighted by atomic mass is 16.5. The van der Waals surface area contributed by atoms with Gasteiger partial charge < -0.3 is 24.8 Å². The van der Waals surface area contributed by atoms with Gasteiger partial charge in [0.1, 0.15) is 5.75 Å². The number of rotatable bonds is 13. The number of nitrogens with one attached hydrogen (secondary N) is 2. The summed E-state index contributed by atoms with van der Waals surface area (Å²) in [5.74, 6) is 1.68. The molecule has 0 fully saturated rings. The predicted molar refractivity (Wildman–Crippen MR) is 117 cm³/mol. The highest BCUT2D eigenvalue weighted by Gasteiger charge is 2.01. The summed E-state index contributed by atoms with van der Waals surface area (Å²) in [6, 6.07) is 18.2. The number of hydrogen-bond acceptors (Lipinski definition) is 4. The third-order valence-corrected chi connectivity index (χ3v) is 4.15. The Balaban J connectivity index is 1.63. The summed E-state index contributed by atoms with van der Waals surface area (Å²) in [6.07, 6.45) is 0.893. The van der Waals surface area contributed by atoms with Gasteiger partial charge in [-0.1, -0.05) is 42.5 Å². The molecule has 2 rings (SSSR count). The lowest BCUT2D eigenvalue weighted by atomic mass is 10.1. The summed E-state index contributed by atoms with van der Waals surface area (Å²) < 4.78 is 16.6. The molecule has 2 aromatic carbocycles. The van der Waals surface area contributed by atoms with Gasteiger partial charge in [0.2, 0.25) is 0 Å². The van der Waals surface area contributed by atoms with Crippen LogP contribution in [-0.2, 0) is 22.6 Å². The van der Waals surface area contributed by atoms with Crippen LogP contribution in [0.3, 0.4) is 0 Å². The summed E-state index contributed by atoms with van der Waals surface area (Å²) in [5, 5.41) is 6.66. The van der Waals surface area contributed by atoms with Gasteiger partial charge in [0.05, 0.1) is 26.4 Å². The molecule has 0 radical (unpaired) electrons. The van der Waals surface area contributed by atoms with Crippen LogP contribution < -0.4 is 15.4 Å². The monoisotopic (exact) mass is 399 g/mol. The fourth-order valence-electron chi connectivity index (χ4n) is 2.67. The zero-order valence-corrected chi connectivity index (χ0v) is 17.5. The van der Waals surface area contributed by atoms with Gasteiger partial charge in [0.25, 0.3) is 0 Å². The Labute approximate surface area is 174 Å². The smallest absolute Gasteiger partial charge is 0.191 e. The minimum atomic E-state index is 0.593. The molecule has 0 spiro atoms. The van der Waals surface area contributed by atoms with Crippen molar-refractivity contribution < 1.29 is 14.2 Å². The van der Waals surface area contributed by atoms with E-state index in [0.717, 1.165) is 36.8 Å². The summed E-state index contributed by atoms with van der Waals surface area (Å²) in [7, 11) is 1.78. The van der Waals surface area contributed by atoms with Gasteiger partial charge in [-0.25, -0.2) is 0 Å². The molecule has 0 aromatic heterocycles. The molecule has 6 nitrogen and oxygen atoms in total. The molecule has 0 aliphatic rings. The molecule has 6 heteroatoms. The maximum absolute atomic E-state index is 5.70. The van der Waals surface area contributed by atoms with Crippen LogP contribution in [-0.4, -0.2) is 46.0 Å². The van der Waals surface area contributed by atoms with E-state index in [1.54, 1.807) is 7.05 Å². The Hall–Kier alpha value is -2.57. The Morgan fingerprint density at radius 2 is 1.69 bits per heavy atom. The summed E-state index contributed by atoms with van der Waals surface area (Å²) in [5.41, 5.74) is 2.34. The number of hydrogen-bond donors (Lipinski definition) is 2. The Morgan fingerprint density at radius 1 is 0.897 bits per heavy atom. The zero-order chi connectivity index (χ0) is 20.6. The molecular weight excluding hydrogens is 366 g/mol. The lowest BCUT2D eigenvalue weighted by Crippen LogP contribution is -2.37. The van der Waals surface area contributed by atoms with E-state index in [0.29, 0.717) is 33.0 Å². The second-order valence-corrected chi connectivity index (χ2v) is 6.44. The number of aliphatic imine (C=N–C) groups is 1. The molecule has 29 heavy (non-hydrogen) atoms. The van der Waals surface area contributed by atoms with Crippen LogP contribution in [0.1, 0.15) is 24.5 Å². The molecule has 0 bridgehead atoms. The van der Waals surface area contributed by atoms with Crippen molar-refractivity contribution in [1.29, 1.82) is 0 Å². The number of para-hydroxylation sites is 1. The van der Waals surface area contributed by atoms with E-state index in [1.807, 2.05) is 37.3 Å². The molecule has 0 atom stereocenters. The van der Waals surface area contributed by atoms with Crippen molar-refractivity contribution in [2.24, 2.45) is 4.99 Å². The lowest BCUT2D eigenvalue weighted by molar-refractivity contribution is 0.0453. The van der Waals surface area contributed by atoms with Crippen LogP contribution in [0.25, 0.3) is 0 Å². The minimum absolute atomic E-state index is 0.593. The zero-order valence-electron chi connectivity index (χ0n) is 17.5. The van der Waals surface area contributed by atoms with E-state index in [1.165, 1.54) is 5.56 Å². The predicted octanol–water partition coefficient (Wildman–Crippen LogP) is 3.37. The Morgan fingerprint density at radius 3 is 2.48 bits per heavy atom. The first-order chi connectivity index (χ1) is 14.3. The normalized spacial score (nSPS) is 11.3. The molecule has 0 unspecified atom stereocenters.